The van der Waals surface area contributed by atoms with E-state index in [9.17, 15) is 9.90 Å². The Bertz CT molecular complexity index is 242. The molecule has 1 aliphatic rings. The van der Waals surface area contributed by atoms with Gasteiger partial charge < -0.3 is 20.1 Å². The second kappa shape index (κ2) is 3.98. The van der Waals surface area contributed by atoms with Gasteiger partial charge in [-0.25, -0.2) is 4.79 Å². The monoisotopic (exact) mass is 216 g/mol. The van der Waals surface area contributed by atoms with Crippen molar-refractivity contribution in [3.8, 4) is 0 Å². The zero-order valence-corrected chi connectivity index (χ0v) is 9.83. The van der Waals surface area contributed by atoms with Gasteiger partial charge in [-0.1, -0.05) is 0 Å². The Hall–Kier alpha value is -0.810. The first-order valence-corrected chi connectivity index (χ1v) is 5.08. The van der Waals surface area contributed by atoms with Crippen LogP contribution >= 0.6 is 0 Å². The van der Waals surface area contributed by atoms with Gasteiger partial charge in [-0.15, -0.1) is 0 Å². The number of alkyl carbamates (subject to hydrolysis) is 1. The van der Waals surface area contributed by atoms with E-state index in [-0.39, 0.29) is 6.54 Å². The van der Waals surface area contributed by atoms with Crippen LogP contribution in [0.4, 0.5) is 4.79 Å². The molecule has 88 valence electrons. The SMILES string of the molecule is CN1CC(O)(CNC(=O)OC(C)(C)C)C1. The minimum absolute atomic E-state index is 0.242. The predicted molar refractivity (Wildman–Crippen MR) is 56.7 cm³/mol. The molecule has 1 aliphatic heterocycles. The molecule has 0 aromatic rings. The van der Waals surface area contributed by atoms with E-state index < -0.39 is 17.3 Å². The van der Waals surface area contributed by atoms with Crippen molar-refractivity contribution in [1.82, 2.24) is 10.2 Å². The maximum atomic E-state index is 11.3. The second-order valence-corrected chi connectivity index (χ2v) is 5.25. The number of aliphatic hydroxyl groups is 1. The summed E-state index contributed by atoms with van der Waals surface area (Å²) >= 11 is 0. The first-order chi connectivity index (χ1) is 6.70. The lowest BCUT2D eigenvalue weighted by Gasteiger charge is -2.44. The van der Waals surface area contributed by atoms with Crippen LogP contribution in [-0.4, -0.2) is 54.0 Å². The molecule has 0 aromatic heterocycles. The molecule has 0 bridgehead atoms. The van der Waals surface area contributed by atoms with Gasteiger partial charge in [-0.05, 0) is 27.8 Å². The summed E-state index contributed by atoms with van der Waals surface area (Å²) < 4.78 is 5.05. The lowest BCUT2D eigenvalue weighted by Crippen LogP contribution is -2.65. The van der Waals surface area contributed by atoms with E-state index in [0.29, 0.717) is 13.1 Å². The fraction of sp³-hybridized carbons (Fsp3) is 0.900. The molecule has 0 spiro atoms. The Morgan fingerprint density at radius 2 is 2.07 bits per heavy atom. The number of likely N-dealkylation sites (N-methyl/N-ethyl adjacent to an activating group) is 1. The van der Waals surface area contributed by atoms with E-state index in [4.69, 9.17) is 4.74 Å². The Balaban J connectivity index is 2.23. The van der Waals surface area contributed by atoms with Crippen LogP contribution in [0.3, 0.4) is 0 Å². The fourth-order valence-corrected chi connectivity index (χ4v) is 1.62. The van der Waals surface area contributed by atoms with Crippen LogP contribution in [0.15, 0.2) is 0 Å². The highest BCUT2D eigenvalue weighted by atomic mass is 16.6. The second-order valence-electron chi connectivity index (χ2n) is 5.25. The number of likely N-dealkylation sites (tertiary alicyclic amines) is 1. The van der Waals surface area contributed by atoms with Crippen LogP contribution in [0.25, 0.3) is 0 Å². The van der Waals surface area contributed by atoms with Gasteiger partial charge in [0.25, 0.3) is 0 Å². The Labute approximate surface area is 90.4 Å². The van der Waals surface area contributed by atoms with Crippen molar-refractivity contribution < 1.29 is 14.6 Å². The number of hydrogen-bond donors (Lipinski definition) is 2. The first kappa shape index (κ1) is 12.3. The number of amides is 1. The molecule has 0 unspecified atom stereocenters. The third kappa shape index (κ3) is 4.05. The molecule has 0 atom stereocenters. The normalized spacial score (nSPS) is 20.6. The molecule has 0 saturated carbocycles. The molecule has 1 rings (SSSR count). The van der Waals surface area contributed by atoms with E-state index in [2.05, 4.69) is 5.32 Å². The molecular formula is C10H20N2O3. The minimum atomic E-state index is -0.786. The maximum absolute atomic E-state index is 11.3. The average Bonchev–Trinajstić information content (AvgIpc) is 1.95. The highest BCUT2D eigenvalue weighted by molar-refractivity contribution is 5.67. The van der Waals surface area contributed by atoms with Crippen molar-refractivity contribution in [3.05, 3.63) is 0 Å². The highest BCUT2D eigenvalue weighted by Gasteiger charge is 2.39. The van der Waals surface area contributed by atoms with Crippen LogP contribution in [0.1, 0.15) is 20.8 Å². The molecule has 15 heavy (non-hydrogen) atoms. The predicted octanol–water partition coefficient (Wildman–Crippen LogP) is 0.188. The molecule has 0 aromatic carbocycles. The molecule has 0 aliphatic carbocycles. The molecular weight excluding hydrogens is 196 g/mol. The largest absolute Gasteiger partial charge is 0.444 e. The van der Waals surface area contributed by atoms with Crippen LogP contribution in [-0.2, 0) is 4.74 Å². The first-order valence-electron chi connectivity index (χ1n) is 5.08. The standard InChI is InChI=1S/C10H20N2O3/c1-9(2,3)15-8(13)11-5-10(14)6-12(4)7-10/h14H,5-7H2,1-4H3,(H,11,13). The van der Waals surface area contributed by atoms with E-state index in [1.165, 1.54) is 0 Å². The summed E-state index contributed by atoms with van der Waals surface area (Å²) in [7, 11) is 1.92. The van der Waals surface area contributed by atoms with Gasteiger partial charge in [0, 0.05) is 13.1 Å². The van der Waals surface area contributed by atoms with Crippen LogP contribution in [0.5, 0.6) is 0 Å². The number of ether oxygens (including phenoxy) is 1. The molecule has 5 heteroatoms. The third-order valence-corrected chi connectivity index (χ3v) is 2.09. The van der Waals surface area contributed by atoms with Gasteiger partial charge >= 0.3 is 6.09 Å². The summed E-state index contributed by atoms with van der Waals surface area (Å²) in [5, 5.41) is 12.4. The topological polar surface area (TPSA) is 61.8 Å². The van der Waals surface area contributed by atoms with Crippen LogP contribution in [0, 0.1) is 0 Å². The van der Waals surface area contributed by atoms with Crippen molar-refractivity contribution >= 4 is 6.09 Å². The van der Waals surface area contributed by atoms with E-state index in [1.54, 1.807) is 20.8 Å². The minimum Gasteiger partial charge on any atom is -0.444 e. The van der Waals surface area contributed by atoms with Gasteiger partial charge in [0.1, 0.15) is 11.2 Å². The van der Waals surface area contributed by atoms with Gasteiger partial charge in [-0.3, -0.25) is 0 Å². The summed E-state index contributed by atoms with van der Waals surface area (Å²) in [5.41, 5.74) is -1.28. The van der Waals surface area contributed by atoms with Crippen molar-refractivity contribution in [3.63, 3.8) is 0 Å². The average molecular weight is 216 g/mol. The number of hydrogen-bond acceptors (Lipinski definition) is 4. The lowest BCUT2D eigenvalue weighted by atomic mass is 9.95. The quantitative estimate of drug-likeness (QED) is 0.691. The zero-order chi connectivity index (χ0) is 11.7. The molecule has 1 heterocycles. The molecule has 2 N–H and O–H groups in total. The lowest BCUT2D eigenvalue weighted by molar-refractivity contribution is -0.0835. The number of nitrogens with one attached hydrogen (secondary N) is 1. The molecule has 1 saturated heterocycles. The van der Waals surface area contributed by atoms with E-state index in [1.807, 2.05) is 11.9 Å². The van der Waals surface area contributed by atoms with Crippen molar-refractivity contribution in [2.45, 2.75) is 32.0 Å². The van der Waals surface area contributed by atoms with Crippen molar-refractivity contribution in [2.24, 2.45) is 0 Å². The number of β-amino-alcohol motifs (C(OH)–C–C–N with tert-alkyl or cyclic N) is 1. The number of carbonyl (C=O) groups excluding carboxylic acids is 1. The molecule has 5 nitrogen and oxygen atoms in total. The summed E-state index contributed by atoms with van der Waals surface area (Å²) in [6.45, 7) is 6.83. The summed E-state index contributed by atoms with van der Waals surface area (Å²) in [4.78, 5) is 13.3. The number of carbonyl (C=O) groups is 1. The number of rotatable bonds is 2. The Kier molecular flexibility index (Phi) is 3.25. The Morgan fingerprint density at radius 1 is 1.53 bits per heavy atom. The van der Waals surface area contributed by atoms with Gasteiger partial charge in [0.05, 0.1) is 6.54 Å². The summed E-state index contributed by atoms with van der Waals surface area (Å²) in [5.74, 6) is 0. The summed E-state index contributed by atoms with van der Waals surface area (Å²) in [6, 6.07) is 0. The van der Waals surface area contributed by atoms with Gasteiger partial charge in [-0.2, -0.15) is 0 Å². The molecule has 0 radical (unpaired) electrons. The van der Waals surface area contributed by atoms with E-state index in [0.717, 1.165) is 0 Å². The molecule has 1 fully saturated rings. The number of nitrogens with zero attached hydrogens (tertiary/aromatic N) is 1. The smallest absolute Gasteiger partial charge is 0.407 e. The van der Waals surface area contributed by atoms with Crippen LogP contribution in [0.2, 0.25) is 0 Å². The summed E-state index contributed by atoms with van der Waals surface area (Å²) in [6.07, 6.45) is -0.481. The van der Waals surface area contributed by atoms with Gasteiger partial charge in [0.15, 0.2) is 0 Å². The van der Waals surface area contributed by atoms with Crippen molar-refractivity contribution in [2.75, 3.05) is 26.7 Å². The van der Waals surface area contributed by atoms with Gasteiger partial charge in [0.2, 0.25) is 0 Å². The fourth-order valence-electron chi connectivity index (χ4n) is 1.62. The van der Waals surface area contributed by atoms with Crippen molar-refractivity contribution in [1.29, 1.82) is 0 Å². The van der Waals surface area contributed by atoms with Crippen LogP contribution < -0.4 is 5.32 Å². The molecule has 1 amide bonds. The Morgan fingerprint density at radius 3 is 2.47 bits per heavy atom. The highest BCUT2D eigenvalue weighted by Crippen LogP contribution is 2.17. The third-order valence-electron chi connectivity index (χ3n) is 2.09. The maximum Gasteiger partial charge on any atom is 0.407 e. The van der Waals surface area contributed by atoms with E-state index >= 15 is 0 Å². The zero-order valence-electron chi connectivity index (χ0n) is 9.83.